The third kappa shape index (κ3) is 4.96. The minimum Gasteiger partial charge on any atom is -0.493 e. The summed E-state index contributed by atoms with van der Waals surface area (Å²) >= 11 is 0. The van der Waals surface area contributed by atoms with E-state index in [1.807, 2.05) is 31.3 Å². The van der Waals surface area contributed by atoms with Gasteiger partial charge in [0.2, 0.25) is 0 Å². The van der Waals surface area contributed by atoms with E-state index in [-0.39, 0.29) is 30.1 Å². The maximum absolute atomic E-state index is 6.03. The molecule has 0 amide bonds. The average molecular weight is 473 g/mol. The molecule has 1 aromatic carbocycles. The number of halogens is 1. The van der Waals surface area contributed by atoms with Crippen molar-refractivity contribution >= 4 is 29.9 Å². The first-order valence-corrected chi connectivity index (χ1v) is 9.41. The van der Waals surface area contributed by atoms with Gasteiger partial charge >= 0.3 is 0 Å². The summed E-state index contributed by atoms with van der Waals surface area (Å²) in [5.74, 6) is 2.54. The van der Waals surface area contributed by atoms with Crippen molar-refractivity contribution in [2.24, 2.45) is 10.4 Å². The molecule has 0 bridgehead atoms. The lowest BCUT2D eigenvalue weighted by Crippen LogP contribution is -2.44. The summed E-state index contributed by atoms with van der Waals surface area (Å²) in [6.07, 6.45) is 6.88. The highest BCUT2D eigenvalue weighted by atomic mass is 127. The van der Waals surface area contributed by atoms with Crippen LogP contribution in [0.3, 0.4) is 0 Å². The Morgan fingerprint density at radius 3 is 2.58 bits per heavy atom. The summed E-state index contributed by atoms with van der Waals surface area (Å²) in [7, 11) is 3.53. The van der Waals surface area contributed by atoms with Crippen molar-refractivity contribution < 1.29 is 9.47 Å². The lowest BCUT2D eigenvalue weighted by molar-refractivity contribution is 0.212. The summed E-state index contributed by atoms with van der Waals surface area (Å²) in [5, 5.41) is 3.49. The molecule has 1 aromatic rings. The first-order chi connectivity index (χ1) is 12.2. The van der Waals surface area contributed by atoms with Gasteiger partial charge in [0.05, 0.1) is 13.7 Å². The van der Waals surface area contributed by atoms with E-state index in [0.717, 1.165) is 30.5 Å². The van der Waals surface area contributed by atoms with Gasteiger partial charge in [-0.25, -0.2) is 0 Å². The van der Waals surface area contributed by atoms with Gasteiger partial charge in [-0.15, -0.1) is 24.0 Å². The maximum Gasteiger partial charge on any atom is 0.193 e. The second-order valence-corrected chi connectivity index (χ2v) is 7.39. The van der Waals surface area contributed by atoms with Crippen LogP contribution in [-0.2, 0) is 0 Å². The molecule has 1 aliphatic heterocycles. The average Bonchev–Trinajstić information content (AvgIpc) is 3.26. The number of likely N-dealkylation sites (tertiary alicyclic amines) is 1. The van der Waals surface area contributed by atoms with Crippen LogP contribution in [0.4, 0.5) is 0 Å². The number of guanidine groups is 1. The molecule has 0 radical (unpaired) electrons. The van der Waals surface area contributed by atoms with E-state index >= 15 is 0 Å². The van der Waals surface area contributed by atoms with Crippen LogP contribution in [0, 0.1) is 5.41 Å². The number of para-hydroxylation sites is 2. The van der Waals surface area contributed by atoms with Crippen LogP contribution < -0.4 is 14.8 Å². The molecule has 1 N–H and O–H groups in total. The molecule has 3 rings (SSSR count). The number of nitrogens with zero attached hydrogens (tertiary/aromatic N) is 2. The molecule has 1 spiro atoms. The highest BCUT2D eigenvalue weighted by Gasteiger charge is 2.41. The predicted octanol–water partition coefficient (Wildman–Crippen LogP) is 3.92. The molecular weight excluding hydrogens is 441 g/mol. The number of hydrogen-bond donors (Lipinski definition) is 1. The van der Waals surface area contributed by atoms with Gasteiger partial charge in [0, 0.05) is 20.1 Å². The van der Waals surface area contributed by atoms with Crippen LogP contribution >= 0.6 is 24.0 Å². The molecule has 1 unspecified atom stereocenters. The van der Waals surface area contributed by atoms with Crippen molar-refractivity contribution in [3.05, 3.63) is 24.3 Å². The number of rotatable bonds is 5. The molecule has 146 valence electrons. The Hall–Kier alpha value is -1.18. The number of ether oxygens (including phenoxy) is 2. The molecule has 1 aliphatic carbocycles. The lowest BCUT2D eigenvalue weighted by atomic mass is 9.86. The van der Waals surface area contributed by atoms with Crippen molar-refractivity contribution in [3.8, 4) is 11.5 Å². The summed E-state index contributed by atoms with van der Waals surface area (Å²) in [6.45, 7) is 5.04. The van der Waals surface area contributed by atoms with Crippen molar-refractivity contribution in [2.45, 2.75) is 45.1 Å². The molecule has 2 fully saturated rings. The van der Waals surface area contributed by atoms with Gasteiger partial charge in [0.1, 0.15) is 6.10 Å². The van der Waals surface area contributed by atoms with E-state index < -0.39 is 0 Å². The first-order valence-electron chi connectivity index (χ1n) is 9.41. The van der Waals surface area contributed by atoms with Crippen LogP contribution in [-0.4, -0.2) is 50.8 Å². The summed E-state index contributed by atoms with van der Waals surface area (Å²) < 4.78 is 11.4. The fourth-order valence-electron chi connectivity index (χ4n) is 4.19. The standard InChI is InChI=1S/C20H31N3O2.HI/c1-16(25-18-9-5-4-8-17(18)24-3)14-22-19(21-2)23-13-12-20(15-23)10-6-7-11-20;/h4-5,8-9,16H,6-7,10-15H2,1-3H3,(H,21,22);1H. The lowest BCUT2D eigenvalue weighted by Gasteiger charge is -2.26. The fourth-order valence-corrected chi connectivity index (χ4v) is 4.19. The fraction of sp³-hybridized carbons (Fsp3) is 0.650. The Morgan fingerprint density at radius 2 is 1.92 bits per heavy atom. The quantitative estimate of drug-likeness (QED) is 0.400. The van der Waals surface area contributed by atoms with Crippen molar-refractivity contribution in [1.82, 2.24) is 10.2 Å². The van der Waals surface area contributed by atoms with Crippen LogP contribution in [0.15, 0.2) is 29.3 Å². The molecule has 2 aliphatic rings. The minimum absolute atomic E-state index is 0. The zero-order valence-corrected chi connectivity index (χ0v) is 18.5. The van der Waals surface area contributed by atoms with Crippen molar-refractivity contribution in [3.63, 3.8) is 0 Å². The molecule has 0 aromatic heterocycles. The topological polar surface area (TPSA) is 46.1 Å². The van der Waals surface area contributed by atoms with Gasteiger partial charge in [0.25, 0.3) is 0 Å². The highest BCUT2D eigenvalue weighted by Crippen LogP contribution is 2.45. The number of methoxy groups -OCH3 is 1. The number of hydrogen-bond acceptors (Lipinski definition) is 3. The zero-order chi connectivity index (χ0) is 17.7. The Bertz CT molecular complexity index is 602. The Balaban J connectivity index is 0.00000243. The SMILES string of the molecule is CN=C(NCC(C)Oc1ccccc1OC)N1CCC2(CCCC2)C1.I. The second-order valence-electron chi connectivity index (χ2n) is 7.39. The van der Waals surface area contributed by atoms with Gasteiger partial charge in [-0.1, -0.05) is 25.0 Å². The van der Waals surface area contributed by atoms with Crippen LogP contribution in [0.2, 0.25) is 0 Å². The van der Waals surface area contributed by atoms with Crippen LogP contribution in [0.1, 0.15) is 39.0 Å². The van der Waals surface area contributed by atoms with Crippen molar-refractivity contribution in [1.29, 1.82) is 0 Å². The smallest absolute Gasteiger partial charge is 0.193 e. The second kappa shape index (κ2) is 9.67. The molecule has 26 heavy (non-hydrogen) atoms. The third-order valence-electron chi connectivity index (χ3n) is 5.56. The van der Waals surface area contributed by atoms with E-state index in [4.69, 9.17) is 9.47 Å². The van der Waals surface area contributed by atoms with Gasteiger partial charge in [-0.2, -0.15) is 0 Å². The highest BCUT2D eigenvalue weighted by molar-refractivity contribution is 14.0. The first kappa shape index (κ1) is 21.1. The van der Waals surface area contributed by atoms with E-state index in [0.29, 0.717) is 12.0 Å². The maximum atomic E-state index is 6.03. The Kier molecular flexibility index (Phi) is 7.85. The van der Waals surface area contributed by atoms with E-state index in [9.17, 15) is 0 Å². The predicted molar refractivity (Wildman–Crippen MR) is 117 cm³/mol. The van der Waals surface area contributed by atoms with Gasteiger partial charge in [-0.05, 0) is 43.7 Å². The minimum atomic E-state index is 0. The van der Waals surface area contributed by atoms with Gasteiger partial charge in [-0.3, -0.25) is 4.99 Å². The van der Waals surface area contributed by atoms with E-state index in [1.54, 1.807) is 7.11 Å². The van der Waals surface area contributed by atoms with Gasteiger partial charge in [0.15, 0.2) is 17.5 Å². The molecule has 1 saturated heterocycles. The zero-order valence-electron chi connectivity index (χ0n) is 16.2. The molecule has 1 heterocycles. The molecule has 6 heteroatoms. The van der Waals surface area contributed by atoms with Crippen LogP contribution in [0.5, 0.6) is 11.5 Å². The molecule has 5 nitrogen and oxygen atoms in total. The van der Waals surface area contributed by atoms with Crippen molar-refractivity contribution in [2.75, 3.05) is 33.8 Å². The molecular formula is C20H32IN3O2. The molecule has 1 atom stereocenters. The van der Waals surface area contributed by atoms with E-state index in [1.165, 1.54) is 32.1 Å². The molecule has 1 saturated carbocycles. The summed E-state index contributed by atoms with van der Waals surface area (Å²) in [6, 6.07) is 7.76. The number of nitrogens with one attached hydrogen (secondary N) is 1. The van der Waals surface area contributed by atoms with E-state index in [2.05, 4.69) is 22.1 Å². The van der Waals surface area contributed by atoms with Gasteiger partial charge < -0.3 is 19.7 Å². The summed E-state index contributed by atoms with van der Waals surface area (Å²) in [4.78, 5) is 6.91. The number of aliphatic imine (C=N–C) groups is 1. The largest absolute Gasteiger partial charge is 0.493 e. The van der Waals surface area contributed by atoms with Crippen LogP contribution in [0.25, 0.3) is 0 Å². The monoisotopic (exact) mass is 473 g/mol. The summed E-state index contributed by atoms with van der Waals surface area (Å²) in [5.41, 5.74) is 0.553. The number of benzene rings is 1. The Morgan fingerprint density at radius 1 is 1.23 bits per heavy atom. The third-order valence-corrected chi connectivity index (χ3v) is 5.56. The normalized spacial score (nSPS) is 20.0. The Labute approximate surface area is 174 Å².